The standard InChI is InChI=1S/C24H21ClN2O3/c25-20-11-5-4-10-19(20)24(29)26-18-12-13-22-21(15-18)27(23(28)16-30-22)14-6-9-17-7-2-1-3-8-17/h1-5,7-8,10-13,15H,6,9,14,16H2,(H,26,29). The maximum atomic E-state index is 12.6. The molecule has 0 saturated heterocycles. The van der Waals surface area contributed by atoms with Crippen molar-refractivity contribution in [3.05, 3.63) is 88.9 Å². The summed E-state index contributed by atoms with van der Waals surface area (Å²) >= 11 is 6.12. The summed E-state index contributed by atoms with van der Waals surface area (Å²) < 4.78 is 5.57. The van der Waals surface area contributed by atoms with E-state index in [0.29, 0.717) is 34.3 Å². The van der Waals surface area contributed by atoms with Crippen LogP contribution in [0.1, 0.15) is 22.3 Å². The molecule has 0 bridgehead atoms. The van der Waals surface area contributed by atoms with Crippen LogP contribution in [-0.2, 0) is 11.2 Å². The highest BCUT2D eigenvalue weighted by molar-refractivity contribution is 6.34. The van der Waals surface area contributed by atoms with Crippen LogP contribution in [0.3, 0.4) is 0 Å². The fraction of sp³-hybridized carbons (Fsp3) is 0.167. The van der Waals surface area contributed by atoms with E-state index in [4.69, 9.17) is 16.3 Å². The molecular formula is C24H21ClN2O3. The molecule has 0 atom stereocenters. The van der Waals surface area contributed by atoms with Gasteiger partial charge in [0.2, 0.25) is 0 Å². The third-order valence-corrected chi connectivity index (χ3v) is 5.30. The van der Waals surface area contributed by atoms with Gasteiger partial charge in [0.05, 0.1) is 16.3 Å². The van der Waals surface area contributed by atoms with Gasteiger partial charge in [0.15, 0.2) is 6.61 Å². The first-order chi connectivity index (χ1) is 14.6. The van der Waals surface area contributed by atoms with E-state index in [1.165, 1.54) is 5.56 Å². The Hall–Kier alpha value is -3.31. The molecule has 0 saturated carbocycles. The summed E-state index contributed by atoms with van der Waals surface area (Å²) in [6.45, 7) is 0.593. The van der Waals surface area contributed by atoms with Gasteiger partial charge in [-0.05, 0) is 48.7 Å². The van der Waals surface area contributed by atoms with E-state index in [1.807, 2.05) is 18.2 Å². The Morgan fingerprint density at radius 3 is 2.60 bits per heavy atom. The molecule has 0 aliphatic carbocycles. The molecule has 0 spiro atoms. The Morgan fingerprint density at radius 2 is 1.80 bits per heavy atom. The summed E-state index contributed by atoms with van der Waals surface area (Å²) in [5.41, 5.74) is 2.87. The number of fused-ring (bicyclic) bond motifs is 1. The van der Waals surface area contributed by atoms with Gasteiger partial charge in [0.1, 0.15) is 5.75 Å². The number of carbonyl (C=O) groups excluding carboxylic acids is 2. The highest BCUT2D eigenvalue weighted by Gasteiger charge is 2.25. The molecule has 152 valence electrons. The van der Waals surface area contributed by atoms with Gasteiger partial charge >= 0.3 is 0 Å². The van der Waals surface area contributed by atoms with Crippen LogP contribution in [0.15, 0.2) is 72.8 Å². The first-order valence-corrected chi connectivity index (χ1v) is 10.2. The van der Waals surface area contributed by atoms with E-state index >= 15 is 0 Å². The van der Waals surface area contributed by atoms with E-state index in [0.717, 1.165) is 12.8 Å². The van der Waals surface area contributed by atoms with Gasteiger partial charge in [-0.2, -0.15) is 0 Å². The summed E-state index contributed by atoms with van der Waals surface area (Å²) in [4.78, 5) is 26.8. The van der Waals surface area contributed by atoms with Gasteiger partial charge in [0.25, 0.3) is 11.8 Å². The van der Waals surface area contributed by atoms with E-state index in [-0.39, 0.29) is 18.4 Å². The molecule has 1 heterocycles. The number of ether oxygens (including phenoxy) is 1. The molecule has 3 aromatic carbocycles. The van der Waals surface area contributed by atoms with Gasteiger partial charge in [0, 0.05) is 12.2 Å². The number of hydrogen-bond donors (Lipinski definition) is 1. The Labute approximate surface area is 180 Å². The zero-order chi connectivity index (χ0) is 20.9. The zero-order valence-electron chi connectivity index (χ0n) is 16.3. The first-order valence-electron chi connectivity index (χ1n) is 9.79. The molecule has 1 aliphatic heterocycles. The smallest absolute Gasteiger partial charge is 0.265 e. The number of nitrogens with one attached hydrogen (secondary N) is 1. The van der Waals surface area contributed by atoms with Crippen LogP contribution in [-0.4, -0.2) is 25.0 Å². The van der Waals surface area contributed by atoms with Crippen molar-refractivity contribution in [2.24, 2.45) is 0 Å². The molecule has 5 nitrogen and oxygen atoms in total. The second kappa shape index (κ2) is 9.01. The number of anilines is 2. The molecular weight excluding hydrogens is 400 g/mol. The average molecular weight is 421 g/mol. The average Bonchev–Trinajstić information content (AvgIpc) is 2.76. The van der Waals surface area contributed by atoms with Crippen LogP contribution < -0.4 is 15.0 Å². The largest absolute Gasteiger partial charge is 0.482 e. The summed E-state index contributed by atoms with van der Waals surface area (Å²) in [5.74, 6) is 0.231. The highest BCUT2D eigenvalue weighted by Crippen LogP contribution is 2.35. The molecule has 0 radical (unpaired) electrons. The van der Waals surface area contributed by atoms with Gasteiger partial charge in [-0.1, -0.05) is 54.1 Å². The van der Waals surface area contributed by atoms with Crippen LogP contribution in [0.4, 0.5) is 11.4 Å². The van der Waals surface area contributed by atoms with Crippen molar-refractivity contribution in [1.82, 2.24) is 0 Å². The summed E-state index contributed by atoms with van der Waals surface area (Å²) in [7, 11) is 0. The molecule has 30 heavy (non-hydrogen) atoms. The fourth-order valence-electron chi connectivity index (χ4n) is 3.45. The predicted octanol–water partition coefficient (Wildman–Crippen LogP) is 4.95. The van der Waals surface area contributed by atoms with Gasteiger partial charge in [-0.25, -0.2) is 0 Å². The predicted molar refractivity (Wildman–Crippen MR) is 118 cm³/mol. The second-order valence-corrected chi connectivity index (χ2v) is 7.45. The molecule has 0 unspecified atom stereocenters. The second-order valence-electron chi connectivity index (χ2n) is 7.04. The number of amides is 2. The lowest BCUT2D eigenvalue weighted by Crippen LogP contribution is -2.39. The maximum absolute atomic E-state index is 12.6. The Kier molecular flexibility index (Phi) is 6.00. The quantitative estimate of drug-likeness (QED) is 0.613. The molecule has 1 aliphatic rings. The third kappa shape index (κ3) is 4.47. The van der Waals surface area contributed by atoms with Crippen molar-refractivity contribution in [2.45, 2.75) is 12.8 Å². The molecule has 2 amide bonds. The Balaban J connectivity index is 1.50. The fourth-order valence-corrected chi connectivity index (χ4v) is 3.68. The number of nitrogens with zero attached hydrogens (tertiary/aromatic N) is 1. The van der Waals surface area contributed by atoms with Crippen molar-refractivity contribution in [2.75, 3.05) is 23.4 Å². The zero-order valence-corrected chi connectivity index (χ0v) is 17.1. The number of hydrogen-bond acceptors (Lipinski definition) is 3. The minimum Gasteiger partial charge on any atom is -0.482 e. The van der Waals surface area contributed by atoms with E-state index < -0.39 is 0 Å². The SMILES string of the molecule is O=C(Nc1ccc2c(c1)N(CCCc1ccccc1)C(=O)CO2)c1ccccc1Cl. The topological polar surface area (TPSA) is 58.6 Å². The van der Waals surface area contributed by atoms with Crippen molar-refractivity contribution < 1.29 is 14.3 Å². The first kappa shape index (κ1) is 20.0. The number of carbonyl (C=O) groups is 2. The van der Waals surface area contributed by atoms with E-state index in [9.17, 15) is 9.59 Å². The highest BCUT2D eigenvalue weighted by atomic mass is 35.5. The Bertz CT molecular complexity index is 1070. The van der Waals surface area contributed by atoms with Crippen molar-refractivity contribution in [3.8, 4) is 5.75 Å². The minimum atomic E-state index is -0.306. The monoisotopic (exact) mass is 420 g/mol. The molecule has 6 heteroatoms. The normalized spacial score (nSPS) is 12.8. The van der Waals surface area contributed by atoms with Gasteiger partial charge < -0.3 is 15.0 Å². The molecule has 0 aromatic heterocycles. The van der Waals surface area contributed by atoms with Gasteiger partial charge in [-0.3, -0.25) is 9.59 Å². The van der Waals surface area contributed by atoms with Crippen LogP contribution in [0.5, 0.6) is 5.75 Å². The van der Waals surface area contributed by atoms with Crippen LogP contribution in [0.2, 0.25) is 5.02 Å². The van der Waals surface area contributed by atoms with E-state index in [2.05, 4.69) is 17.4 Å². The van der Waals surface area contributed by atoms with Crippen molar-refractivity contribution in [3.63, 3.8) is 0 Å². The van der Waals surface area contributed by atoms with Crippen molar-refractivity contribution in [1.29, 1.82) is 0 Å². The maximum Gasteiger partial charge on any atom is 0.265 e. The number of halogens is 1. The lowest BCUT2D eigenvalue weighted by molar-refractivity contribution is -0.121. The lowest BCUT2D eigenvalue weighted by atomic mass is 10.1. The number of rotatable bonds is 6. The number of benzene rings is 3. The van der Waals surface area contributed by atoms with Crippen LogP contribution in [0, 0.1) is 0 Å². The Morgan fingerprint density at radius 1 is 1.03 bits per heavy atom. The number of aryl methyl sites for hydroxylation is 1. The summed E-state index contributed by atoms with van der Waals surface area (Å²) in [6, 6.07) is 22.3. The molecule has 1 N–H and O–H groups in total. The molecule has 3 aromatic rings. The van der Waals surface area contributed by atoms with Crippen molar-refractivity contribution >= 4 is 34.8 Å². The molecule has 4 rings (SSSR count). The summed E-state index contributed by atoms with van der Waals surface area (Å²) in [5, 5.41) is 3.23. The third-order valence-electron chi connectivity index (χ3n) is 4.97. The van der Waals surface area contributed by atoms with Crippen LogP contribution >= 0.6 is 11.6 Å². The van der Waals surface area contributed by atoms with E-state index in [1.54, 1.807) is 47.4 Å². The van der Waals surface area contributed by atoms with Crippen LogP contribution in [0.25, 0.3) is 0 Å². The summed E-state index contributed by atoms with van der Waals surface area (Å²) in [6.07, 6.45) is 1.70. The molecule has 0 fully saturated rings. The van der Waals surface area contributed by atoms with Gasteiger partial charge in [-0.15, -0.1) is 0 Å². The lowest BCUT2D eigenvalue weighted by Gasteiger charge is -2.30. The minimum absolute atomic E-state index is 0.0175.